The average molecular weight is 266 g/mol. The van der Waals surface area contributed by atoms with Gasteiger partial charge < -0.3 is 10.6 Å². The minimum atomic E-state index is -0.390. The molecule has 0 heterocycles. The maximum atomic E-state index is 14.2. The molecule has 2 N–H and O–H groups in total. The summed E-state index contributed by atoms with van der Waals surface area (Å²) in [5.74, 6) is -0.547. The number of hydrogen-bond donors (Lipinski definition) is 1. The Hall–Kier alpha value is -1.26. The Morgan fingerprint density at radius 2 is 2.05 bits per heavy atom. The molecule has 0 aliphatic rings. The number of nitrogens with two attached hydrogens (primary N) is 1. The van der Waals surface area contributed by atoms with Crippen molar-refractivity contribution in [3.8, 4) is 0 Å². The van der Waals surface area contributed by atoms with Crippen LogP contribution >= 0.6 is 0 Å². The summed E-state index contributed by atoms with van der Waals surface area (Å²) >= 11 is 0. The molecule has 0 radical (unpaired) electrons. The van der Waals surface area contributed by atoms with Crippen LogP contribution in [-0.4, -0.2) is 37.4 Å². The Balaban J connectivity index is 3.06. The van der Waals surface area contributed by atoms with E-state index < -0.39 is 0 Å². The molecule has 0 amide bonds. The van der Waals surface area contributed by atoms with Gasteiger partial charge in [0.1, 0.15) is 5.82 Å². The van der Waals surface area contributed by atoms with E-state index in [2.05, 4.69) is 0 Å². The Morgan fingerprint density at radius 1 is 1.42 bits per heavy atom. The maximum Gasteiger partial charge on any atom is 0.165 e. The topological polar surface area (TPSA) is 46.3 Å². The fraction of sp³-hybridized carbons (Fsp3) is 0.533. The van der Waals surface area contributed by atoms with Crippen LogP contribution in [0.4, 0.5) is 4.39 Å². The van der Waals surface area contributed by atoms with Gasteiger partial charge in [-0.1, -0.05) is 13.0 Å². The monoisotopic (exact) mass is 266 g/mol. The third kappa shape index (κ3) is 3.61. The van der Waals surface area contributed by atoms with Crippen LogP contribution in [0, 0.1) is 12.7 Å². The second-order valence-electron chi connectivity index (χ2n) is 5.05. The van der Waals surface area contributed by atoms with E-state index in [0.29, 0.717) is 24.9 Å². The van der Waals surface area contributed by atoms with Crippen molar-refractivity contribution in [2.24, 2.45) is 5.73 Å². The van der Waals surface area contributed by atoms with Crippen LogP contribution < -0.4 is 5.73 Å². The Labute approximate surface area is 114 Å². The molecule has 0 saturated heterocycles. The van der Waals surface area contributed by atoms with Crippen LogP contribution in [0.3, 0.4) is 0 Å². The molecule has 0 saturated carbocycles. The number of benzene rings is 1. The van der Waals surface area contributed by atoms with Crippen molar-refractivity contribution in [1.29, 1.82) is 0 Å². The van der Waals surface area contributed by atoms with E-state index in [9.17, 15) is 9.18 Å². The van der Waals surface area contributed by atoms with Crippen molar-refractivity contribution in [1.82, 2.24) is 4.90 Å². The molecule has 106 valence electrons. The molecule has 1 atom stereocenters. The molecule has 0 fully saturated rings. The summed E-state index contributed by atoms with van der Waals surface area (Å²) in [5, 5.41) is 0. The molecule has 1 aromatic rings. The van der Waals surface area contributed by atoms with Gasteiger partial charge in [0.05, 0.1) is 5.56 Å². The lowest BCUT2D eigenvalue weighted by Crippen LogP contribution is -2.37. The SMILES string of the molecule is CCC(=O)c1ccc(C[C@@H](CN)N(C)C)c(C)c1F. The third-order valence-electron chi connectivity index (χ3n) is 3.58. The molecule has 0 spiro atoms. The normalized spacial score (nSPS) is 12.8. The van der Waals surface area contributed by atoms with Crippen LogP contribution in [0.2, 0.25) is 0 Å². The molecule has 0 aromatic heterocycles. The minimum Gasteiger partial charge on any atom is -0.329 e. The Bertz CT molecular complexity index is 458. The second kappa shape index (κ2) is 6.78. The first-order chi connectivity index (χ1) is 8.92. The van der Waals surface area contributed by atoms with Crippen molar-refractivity contribution < 1.29 is 9.18 Å². The fourth-order valence-electron chi connectivity index (χ4n) is 2.08. The van der Waals surface area contributed by atoms with Crippen LogP contribution in [-0.2, 0) is 6.42 Å². The molecule has 0 unspecified atom stereocenters. The molecule has 1 aromatic carbocycles. The van der Waals surface area contributed by atoms with Gasteiger partial charge in [0, 0.05) is 19.0 Å². The molecular formula is C15H23FN2O. The number of Topliss-reactive ketones (excluding diaryl/α,β-unsaturated/α-hetero) is 1. The number of likely N-dealkylation sites (N-methyl/N-ethyl adjacent to an activating group) is 1. The van der Waals surface area contributed by atoms with Crippen molar-refractivity contribution in [2.45, 2.75) is 32.7 Å². The van der Waals surface area contributed by atoms with Gasteiger partial charge in [-0.2, -0.15) is 0 Å². The summed E-state index contributed by atoms with van der Waals surface area (Å²) in [6, 6.07) is 3.60. The number of carbonyl (C=O) groups excluding carboxylic acids is 1. The minimum absolute atomic E-state index is 0.157. The quantitative estimate of drug-likeness (QED) is 0.803. The number of halogens is 1. The Kier molecular flexibility index (Phi) is 5.63. The van der Waals surface area contributed by atoms with E-state index in [1.54, 1.807) is 19.9 Å². The van der Waals surface area contributed by atoms with E-state index >= 15 is 0 Å². The molecular weight excluding hydrogens is 243 g/mol. The zero-order valence-electron chi connectivity index (χ0n) is 12.2. The summed E-state index contributed by atoms with van der Waals surface area (Å²) in [4.78, 5) is 13.6. The number of hydrogen-bond acceptors (Lipinski definition) is 3. The lowest BCUT2D eigenvalue weighted by Gasteiger charge is -2.23. The van der Waals surface area contributed by atoms with Gasteiger partial charge in [-0.05, 0) is 44.6 Å². The predicted molar refractivity (Wildman–Crippen MR) is 76.0 cm³/mol. The summed E-state index contributed by atoms with van der Waals surface area (Å²) < 4.78 is 14.2. The van der Waals surface area contributed by atoms with Crippen LogP contribution in [0.15, 0.2) is 12.1 Å². The van der Waals surface area contributed by atoms with Gasteiger partial charge in [-0.25, -0.2) is 4.39 Å². The smallest absolute Gasteiger partial charge is 0.165 e. The largest absolute Gasteiger partial charge is 0.329 e. The molecule has 1 rings (SSSR count). The van der Waals surface area contributed by atoms with Crippen LogP contribution in [0.25, 0.3) is 0 Å². The number of ketones is 1. The van der Waals surface area contributed by atoms with Gasteiger partial charge >= 0.3 is 0 Å². The predicted octanol–water partition coefficient (Wildman–Crippen LogP) is 2.16. The molecule has 0 aliphatic carbocycles. The molecule has 4 heteroatoms. The summed E-state index contributed by atoms with van der Waals surface area (Å²) in [7, 11) is 3.91. The second-order valence-corrected chi connectivity index (χ2v) is 5.05. The molecule has 0 bridgehead atoms. The fourth-order valence-corrected chi connectivity index (χ4v) is 2.08. The van der Waals surface area contributed by atoms with E-state index in [-0.39, 0.29) is 23.2 Å². The van der Waals surface area contributed by atoms with Crippen molar-refractivity contribution in [3.63, 3.8) is 0 Å². The molecule has 0 aliphatic heterocycles. The average Bonchev–Trinajstić information content (AvgIpc) is 2.39. The van der Waals surface area contributed by atoms with E-state index in [1.165, 1.54) is 0 Å². The van der Waals surface area contributed by atoms with Gasteiger partial charge in [0.25, 0.3) is 0 Å². The standard InChI is InChI=1S/C15H23FN2O/c1-5-14(19)13-7-6-11(10(2)15(13)16)8-12(9-17)18(3)4/h6-7,12H,5,8-9,17H2,1-4H3/t12-/m0/s1. The van der Waals surface area contributed by atoms with Gasteiger partial charge in [-0.3, -0.25) is 4.79 Å². The van der Waals surface area contributed by atoms with Crippen molar-refractivity contribution in [2.75, 3.05) is 20.6 Å². The highest BCUT2D eigenvalue weighted by Crippen LogP contribution is 2.20. The van der Waals surface area contributed by atoms with Gasteiger partial charge in [0.2, 0.25) is 0 Å². The third-order valence-corrected chi connectivity index (χ3v) is 3.58. The molecule has 19 heavy (non-hydrogen) atoms. The summed E-state index contributed by atoms with van der Waals surface area (Å²) in [6.07, 6.45) is 1.01. The maximum absolute atomic E-state index is 14.2. The van der Waals surface area contributed by atoms with Crippen LogP contribution in [0.5, 0.6) is 0 Å². The lowest BCUT2D eigenvalue weighted by atomic mass is 9.96. The summed E-state index contributed by atoms with van der Waals surface area (Å²) in [6.45, 7) is 3.98. The van der Waals surface area contributed by atoms with Crippen molar-refractivity contribution in [3.05, 3.63) is 34.6 Å². The zero-order chi connectivity index (χ0) is 14.6. The van der Waals surface area contributed by atoms with E-state index in [1.807, 2.05) is 25.1 Å². The van der Waals surface area contributed by atoms with Gasteiger partial charge in [-0.15, -0.1) is 0 Å². The highest BCUT2D eigenvalue weighted by Gasteiger charge is 2.17. The van der Waals surface area contributed by atoms with Gasteiger partial charge in [0.15, 0.2) is 5.78 Å². The van der Waals surface area contributed by atoms with E-state index in [4.69, 9.17) is 5.73 Å². The Morgan fingerprint density at radius 3 is 2.53 bits per heavy atom. The lowest BCUT2D eigenvalue weighted by molar-refractivity contribution is 0.0984. The van der Waals surface area contributed by atoms with Crippen LogP contribution in [0.1, 0.15) is 34.8 Å². The highest BCUT2D eigenvalue weighted by atomic mass is 19.1. The number of carbonyl (C=O) groups is 1. The van der Waals surface area contributed by atoms with Crippen molar-refractivity contribution >= 4 is 5.78 Å². The number of nitrogens with zero attached hydrogens (tertiary/aromatic N) is 1. The zero-order valence-corrected chi connectivity index (χ0v) is 12.2. The highest BCUT2D eigenvalue weighted by molar-refractivity contribution is 5.96. The summed E-state index contributed by atoms with van der Waals surface area (Å²) in [5.41, 5.74) is 7.38. The number of rotatable bonds is 6. The van der Waals surface area contributed by atoms with E-state index in [0.717, 1.165) is 5.56 Å². The first-order valence-electron chi connectivity index (χ1n) is 6.60. The first-order valence-corrected chi connectivity index (χ1v) is 6.60. The first kappa shape index (κ1) is 15.8. The molecule has 3 nitrogen and oxygen atoms in total.